The summed E-state index contributed by atoms with van der Waals surface area (Å²) in [5.74, 6) is 4.44. The van der Waals surface area contributed by atoms with Crippen molar-refractivity contribution >= 4 is 0 Å². The second kappa shape index (κ2) is 9.97. The Morgan fingerprint density at radius 2 is 1.35 bits per heavy atom. The van der Waals surface area contributed by atoms with Crippen LogP contribution in [0.5, 0.6) is 0 Å². The molecule has 0 aliphatic heterocycles. The topological polar surface area (TPSA) is 0 Å². The summed E-state index contributed by atoms with van der Waals surface area (Å²) in [5.41, 5.74) is 0. The van der Waals surface area contributed by atoms with Gasteiger partial charge < -0.3 is 0 Å². The van der Waals surface area contributed by atoms with Crippen LogP contribution in [0.3, 0.4) is 0 Å². The van der Waals surface area contributed by atoms with E-state index in [9.17, 15) is 0 Å². The van der Waals surface area contributed by atoms with Crippen LogP contribution in [-0.4, -0.2) is 0 Å². The van der Waals surface area contributed by atoms with Gasteiger partial charge in [-0.15, -0.1) is 0 Å². The van der Waals surface area contributed by atoms with Crippen molar-refractivity contribution in [3.8, 4) is 0 Å². The van der Waals surface area contributed by atoms with Gasteiger partial charge in [0.25, 0.3) is 0 Å². The standard InChI is InChI=1S/C17H35/c1-7-10-14(4)12-16(6)17(9-3)13-15(5)11-8-2/h14-16H,7-13H2,1-6H3. The van der Waals surface area contributed by atoms with Gasteiger partial charge in [-0.1, -0.05) is 67.2 Å². The zero-order valence-electron chi connectivity index (χ0n) is 13.2. The van der Waals surface area contributed by atoms with E-state index in [1.54, 1.807) is 0 Å². The third-order valence-corrected chi connectivity index (χ3v) is 4.08. The molecule has 1 radical (unpaired) electrons. The van der Waals surface area contributed by atoms with Crippen molar-refractivity contribution in [2.24, 2.45) is 17.8 Å². The van der Waals surface area contributed by atoms with Crippen molar-refractivity contribution in [3.05, 3.63) is 5.92 Å². The summed E-state index contributed by atoms with van der Waals surface area (Å²) >= 11 is 0. The second-order valence-corrected chi connectivity index (χ2v) is 6.14. The highest BCUT2D eigenvalue weighted by Crippen LogP contribution is 2.32. The molecule has 0 fully saturated rings. The average Bonchev–Trinajstić information content (AvgIpc) is 2.26. The fourth-order valence-electron chi connectivity index (χ4n) is 3.12. The fourth-order valence-corrected chi connectivity index (χ4v) is 3.12. The summed E-state index contributed by atoms with van der Waals surface area (Å²) in [6.45, 7) is 14.2. The molecule has 0 aliphatic rings. The maximum absolute atomic E-state index is 2.45. The lowest BCUT2D eigenvalue weighted by Crippen LogP contribution is -2.15. The first-order valence-electron chi connectivity index (χ1n) is 7.89. The molecule has 0 aliphatic carbocycles. The summed E-state index contributed by atoms with van der Waals surface area (Å²) in [7, 11) is 0. The lowest BCUT2D eigenvalue weighted by molar-refractivity contribution is 0.356. The van der Waals surface area contributed by atoms with Crippen molar-refractivity contribution in [3.63, 3.8) is 0 Å². The Kier molecular flexibility index (Phi) is 9.97. The number of hydrogen-bond acceptors (Lipinski definition) is 0. The van der Waals surface area contributed by atoms with Crippen molar-refractivity contribution in [2.45, 2.75) is 86.5 Å². The predicted molar refractivity (Wildman–Crippen MR) is 80.1 cm³/mol. The highest BCUT2D eigenvalue weighted by molar-refractivity contribution is 4.95. The van der Waals surface area contributed by atoms with Crippen molar-refractivity contribution in [1.82, 2.24) is 0 Å². The Hall–Kier alpha value is 0. The van der Waals surface area contributed by atoms with Crippen LogP contribution < -0.4 is 0 Å². The Bertz CT molecular complexity index is 161. The van der Waals surface area contributed by atoms with Gasteiger partial charge in [-0.3, -0.25) is 0 Å². The minimum absolute atomic E-state index is 0.834. The average molecular weight is 239 g/mol. The maximum atomic E-state index is 2.45. The van der Waals surface area contributed by atoms with Crippen LogP contribution in [0.4, 0.5) is 0 Å². The SMILES string of the molecule is CCCC(C)C[C](CC)C(C)CC(C)CCC. The highest BCUT2D eigenvalue weighted by atomic mass is 14.2. The molecule has 0 N–H and O–H groups in total. The van der Waals surface area contributed by atoms with Crippen LogP contribution in [-0.2, 0) is 0 Å². The van der Waals surface area contributed by atoms with E-state index in [-0.39, 0.29) is 0 Å². The minimum atomic E-state index is 0.834. The second-order valence-electron chi connectivity index (χ2n) is 6.14. The third-order valence-electron chi connectivity index (χ3n) is 4.08. The van der Waals surface area contributed by atoms with Gasteiger partial charge in [0.05, 0.1) is 0 Å². The molecule has 0 rings (SSSR count). The van der Waals surface area contributed by atoms with E-state index in [4.69, 9.17) is 0 Å². The van der Waals surface area contributed by atoms with E-state index in [2.05, 4.69) is 41.5 Å². The van der Waals surface area contributed by atoms with Crippen molar-refractivity contribution in [2.75, 3.05) is 0 Å². The summed E-state index contributed by atoms with van der Waals surface area (Å²) in [5, 5.41) is 0. The molecule has 103 valence electrons. The van der Waals surface area contributed by atoms with E-state index in [0.29, 0.717) is 0 Å². The lowest BCUT2D eigenvalue weighted by atomic mass is 9.78. The molecule has 0 bridgehead atoms. The first-order chi connectivity index (χ1) is 8.04. The zero-order valence-corrected chi connectivity index (χ0v) is 13.2. The van der Waals surface area contributed by atoms with Gasteiger partial charge in [-0.25, -0.2) is 0 Å². The summed E-state index contributed by atoms with van der Waals surface area (Å²) in [4.78, 5) is 0. The van der Waals surface area contributed by atoms with Gasteiger partial charge in [-0.05, 0) is 42.9 Å². The molecule has 3 atom stereocenters. The Labute approximate surface area is 111 Å². The first-order valence-corrected chi connectivity index (χ1v) is 7.89. The Morgan fingerprint density at radius 1 is 0.824 bits per heavy atom. The lowest BCUT2D eigenvalue weighted by Gasteiger charge is -2.27. The largest absolute Gasteiger partial charge is 0.0654 e. The molecule has 0 amide bonds. The van der Waals surface area contributed by atoms with Gasteiger partial charge in [-0.2, -0.15) is 0 Å². The summed E-state index contributed by atoms with van der Waals surface area (Å²) in [6.07, 6.45) is 9.50. The molecule has 0 heteroatoms. The van der Waals surface area contributed by atoms with Gasteiger partial charge in [0, 0.05) is 0 Å². The predicted octanol–water partition coefficient (Wildman–Crippen LogP) is 6.26. The van der Waals surface area contributed by atoms with Crippen molar-refractivity contribution in [1.29, 1.82) is 0 Å². The quantitative estimate of drug-likeness (QED) is 0.422. The highest BCUT2D eigenvalue weighted by Gasteiger charge is 2.20. The van der Waals surface area contributed by atoms with E-state index in [0.717, 1.165) is 17.8 Å². The van der Waals surface area contributed by atoms with Crippen LogP contribution in [0.2, 0.25) is 0 Å². The molecule has 0 saturated carbocycles. The van der Waals surface area contributed by atoms with Crippen molar-refractivity contribution < 1.29 is 0 Å². The summed E-state index contributed by atoms with van der Waals surface area (Å²) in [6, 6.07) is 0. The van der Waals surface area contributed by atoms with Gasteiger partial charge >= 0.3 is 0 Å². The van der Waals surface area contributed by atoms with E-state index < -0.39 is 0 Å². The monoisotopic (exact) mass is 239 g/mol. The van der Waals surface area contributed by atoms with Crippen LogP contribution in [0.25, 0.3) is 0 Å². The van der Waals surface area contributed by atoms with Gasteiger partial charge in [0.1, 0.15) is 0 Å². The maximum Gasteiger partial charge on any atom is -0.0213 e. The molecule has 0 aromatic heterocycles. The van der Waals surface area contributed by atoms with E-state index in [1.165, 1.54) is 44.9 Å². The number of rotatable bonds is 10. The molecule has 0 saturated heterocycles. The molecule has 0 nitrogen and oxygen atoms in total. The fraction of sp³-hybridized carbons (Fsp3) is 0.941. The van der Waals surface area contributed by atoms with Gasteiger partial charge in [0.2, 0.25) is 0 Å². The summed E-state index contributed by atoms with van der Waals surface area (Å²) < 4.78 is 0. The van der Waals surface area contributed by atoms with Crippen LogP contribution in [0, 0.1) is 23.7 Å². The number of hydrogen-bond donors (Lipinski definition) is 0. The molecule has 3 unspecified atom stereocenters. The first kappa shape index (κ1) is 17.0. The van der Waals surface area contributed by atoms with Crippen LogP contribution >= 0.6 is 0 Å². The Balaban J connectivity index is 4.06. The molecular weight excluding hydrogens is 204 g/mol. The van der Waals surface area contributed by atoms with Gasteiger partial charge in [0.15, 0.2) is 0 Å². The third kappa shape index (κ3) is 7.84. The molecule has 0 aromatic carbocycles. The normalized spacial score (nSPS) is 17.1. The molecule has 17 heavy (non-hydrogen) atoms. The van der Waals surface area contributed by atoms with E-state index >= 15 is 0 Å². The van der Waals surface area contributed by atoms with E-state index in [1.807, 2.05) is 5.92 Å². The molecule has 0 spiro atoms. The minimum Gasteiger partial charge on any atom is -0.0654 e. The molecule has 0 heterocycles. The smallest absolute Gasteiger partial charge is 0.0213 e. The zero-order chi connectivity index (χ0) is 13.3. The van der Waals surface area contributed by atoms with Crippen LogP contribution in [0.15, 0.2) is 0 Å². The Morgan fingerprint density at radius 3 is 1.82 bits per heavy atom. The molecule has 0 aromatic rings. The van der Waals surface area contributed by atoms with Crippen LogP contribution in [0.1, 0.15) is 86.5 Å². The molecular formula is C17H35.